The van der Waals surface area contributed by atoms with Crippen LogP contribution in [-0.4, -0.2) is 17.4 Å². The van der Waals surface area contributed by atoms with Crippen LogP contribution in [0.4, 0.5) is 11.4 Å². The Balaban J connectivity index is 1.79. The Kier molecular flexibility index (Phi) is 5.48. The molecule has 0 aliphatic rings. The molecule has 0 unspecified atom stereocenters. The van der Waals surface area contributed by atoms with Crippen molar-refractivity contribution in [1.29, 1.82) is 0 Å². The molecule has 0 heterocycles. The zero-order chi connectivity index (χ0) is 15.9. The van der Waals surface area contributed by atoms with Gasteiger partial charge in [0.05, 0.1) is 23.6 Å². The SMILES string of the molecule is O=C(CCOc1ccc([N+](=O)[O-])cc1)Nc1ccccc1Br. The predicted octanol–water partition coefficient (Wildman–Crippen LogP) is 3.76. The van der Waals surface area contributed by atoms with Crippen LogP contribution >= 0.6 is 15.9 Å². The summed E-state index contributed by atoms with van der Waals surface area (Å²) in [6, 6.07) is 13.0. The molecule has 0 saturated carbocycles. The lowest BCUT2D eigenvalue weighted by molar-refractivity contribution is -0.384. The van der Waals surface area contributed by atoms with E-state index in [0.717, 1.165) is 4.47 Å². The van der Waals surface area contributed by atoms with E-state index < -0.39 is 4.92 Å². The number of para-hydroxylation sites is 1. The number of non-ortho nitro benzene ring substituents is 1. The van der Waals surface area contributed by atoms with Gasteiger partial charge in [-0.2, -0.15) is 0 Å². The van der Waals surface area contributed by atoms with Crippen LogP contribution in [0.3, 0.4) is 0 Å². The molecule has 7 heteroatoms. The van der Waals surface area contributed by atoms with Gasteiger partial charge in [0.15, 0.2) is 0 Å². The molecule has 0 radical (unpaired) electrons. The van der Waals surface area contributed by atoms with Gasteiger partial charge in [-0.05, 0) is 40.2 Å². The first-order chi connectivity index (χ1) is 10.6. The lowest BCUT2D eigenvalue weighted by atomic mass is 10.3. The van der Waals surface area contributed by atoms with Crippen molar-refractivity contribution in [2.75, 3.05) is 11.9 Å². The Morgan fingerprint density at radius 3 is 2.50 bits per heavy atom. The topological polar surface area (TPSA) is 81.5 Å². The molecule has 2 rings (SSSR count). The summed E-state index contributed by atoms with van der Waals surface area (Å²) in [6.07, 6.45) is 0.179. The molecule has 0 fully saturated rings. The van der Waals surface area contributed by atoms with Gasteiger partial charge < -0.3 is 10.1 Å². The number of nitrogens with zero attached hydrogens (tertiary/aromatic N) is 1. The maximum absolute atomic E-state index is 11.8. The van der Waals surface area contributed by atoms with Gasteiger partial charge in [-0.25, -0.2) is 0 Å². The Hall–Kier alpha value is -2.41. The molecular formula is C15H13BrN2O4. The van der Waals surface area contributed by atoms with Crippen LogP contribution in [0.5, 0.6) is 5.75 Å². The molecule has 0 spiro atoms. The fourth-order valence-corrected chi connectivity index (χ4v) is 2.08. The highest BCUT2D eigenvalue weighted by Crippen LogP contribution is 2.21. The third-order valence-electron chi connectivity index (χ3n) is 2.79. The first-order valence-corrected chi connectivity index (χ1v) is 7.27. The van der Waals surface area contributed by atoms with Gasteiger partial charge in [-0.1, -0.05) is 12.1 Å². The second-order valence-electron chi connectivity index (χ2n) is 4.38. The van der Waals surface area contributed by atoms with Crippen molar-refractivity contribution in [3.8, 4) is 5.75 Å². The number of nitrogens with one attached hydrogen (secondary N) is 1. The molecule has 0 aromatic heterocycles. The molecule has 0 saturated heterocycles. The number of rotatable bonds is 6. The number of hydrogen-bond acceptors (Lipinski definition) is 4. The van der Waals surface area contributed by atoms with E-state index in [1.54, 1.807) is 6.07 Å². The summed E-state index contributed by atoms with van der Waals surface area (Å²) in [6.45, 7) is 0.189. The molecule has 0 atom stereocenters. The number of hydrogen-bond donors (Lipinski definition) is 1. The van der Waals surface area contributed by atoms with Crippen LogP contribution in [0.2, 0.25) is 0 Å². The van der Waals surface area contributed by atoms with Crippen LogP contribution in [0.1, 0.15) is 6.42 Å². The molecule has 0 bridgehead atoms. The quantitative estimate of drug-likeness (QED) is 0.624. The fraction of sp³-hybridized carbons (Fsp3) is 0.133. The van der Waals surface area contributed by atoms with Crippen molar-refractivity contribution >= 4 is 33.2 Å². The summed E-state index contributed by atoms with van der Waals surface area (Å²) >= 11 is 3.35. The van der Waals surface area contributed by atoms with Gasteiger partial charge in [0.25, 0.3) is 5.69 Å². The predicted molar refractivity (Wildman–Crippen MR) is 86.0 cm³/mol. The van der Waals surface area contributed by atoms with Gasteiger partial charge >= 0.3 is 0 Å². The summed E-state index contributed by atoms with van der Waals surface area (Å²) in [5, 5.41) is 13.3. The minimum Gasteiger partial charge on any atom is -0.493 e. The lowest BCUT2D eigenvalue weighted by Gasteiger charge is -2.08. The zero-order valence-electron chi connectivity index (χ0n) is 11.5. The van der Waals surface area contributed by atoms with Crippen molar-refractivity contribution in [1.82, 2.24) is 0 Å². The summed E-state index contributed by atoms with van der Waals surface area (Å²) < 4.78 is 6.19. The van der Waals surface area contributed by atoms with E-state index in [4.69, 9.17) is 4.74 Å². The maximum Gasteiger partial charge on any atom is 0.269 e. The van der Waals surface area contributed by atoms with E-state index in [0.29, 0.717) is 11.4 Å². The number of carbonyl (C=O) groups is 1. The van der Waals surface area contributed by atoms with Crippen LogP contribution in [0.15, 0.2) is 53.0 Å². The van der Waals surface area contributed by atoms with Crippen LogP contribution < -0.4 is 10.1 Å². The average molecular weight is 365 g/mol. The smallest absolute Gasteiger partial charge is 0.269 e. The molecular weight excluding hydrogens is 352 g/mol. The van der Waals surface area contributed by atoms with E-state index in [1.165, 1.54) is 24.3 Å². The molecule has 114 valence electrons. The normalized spacial score (nSPS) is 10.0. The maximum atomic E-state index is 11.8. The Labute approximate surface area is 135 Å². The number of nitro benzene ring substituents is 1. The highest BCUT2D eigenvalue weighted by Gasteiger charge is 2.07. The summed E-state index contributed by atoms with van der Waals surface area (Å²) in [5.41, 5.74) is 0.696. The van der Waals surface area contributed by atoms with Crippen LogP contribution in [0, 0.1) is 10.1 Å². The molecule has 22 heavy (non-hydrogen) atoms. The molecule has 0 aliphatic heterocycles. The summed E-state index contributed by atoms with van der Waals surface area (Å²) in [7, 11) is 0. The van der Waals surface area contributed by atoms with E-state index in [2.05, 4.69) is 21.2 Å². The number of ether oxygens (including phenoxy) is 1. The molecule has 2 aromatic carbocycles. The highest BCUT2D eigenvalue weighted by atomic mass is 79.9. The highest BCUT2D eigenvalue weighted by molar-refractivity contribution is 9.10. The molecule has 0 aliphatic carbocycles. The molecule has 1 amide bonds. The van der Waals surface area contributed by atoms with Crippen LogP contribution in [-0.2, 0) is 4.79 Å². The van der Waals surface area contributed by atoms with Crippen molar-refractivity contribution < 1.29 is 14.5 Å². The molecule has 2 aromatic rings. The molecule has 6 nitrogen and oxygen atoms in total. The van der Waals surface area contributed by atoms with E-state index in [-0.39, 0.29) is 24.6 Å². The van der Waals surface area contributed by atoms with Gasteiger partial charge in [-0.15, -0.1) is 0 Å². The Morgan fingerprint density at radius 1 is 1.18 bits per heavy atom. The van der Waals surface area contributed by atoms with E-state index >= 15 is 0 Å². The standard InChI is InChI=1S/C15H13BrN2O4/c16-13-3-1-2-4-14(13)17-15(19)9-10-22-12-7-5-11(6-8-12)18(20)21/h1-8H,9-10H2,(H,17,19). The monoisotopic (exact) mass is 364 g/mol. The first-order valence-electron chi connectivity index (χ1n) is 6.48. The minimum absolute atomic E-state index is 0.000907. The largest absolute Gasteiger partial charge is 0.493 e. The fourth-order valence-electron chi connectivity index (χ4n) is 1.70. The number of anilines is 1. The van der Waals surface area contributed by atoms with E-state index in [9.17, 15) is 14.9 Å². The number of benzene rings is 2. The van der Waals surface area contributed by atoms with Crippen molar-refractivity contribution in [2.24, 2.45) is 0 Å². The van der Waals surface area contributed by atoms with Crippen molar-refractivity contribution in [3.05, 3.63) is 63.1 Å². The lowest BCUT2D eigenvalue weighted by Crippen LogP contribution is -2.15. The summed E-state index contributed by atoms with van der Waals surface area (Å²) in [5.74, 6) is 0.313. The summed E-state index contributed by atoms with van der Waals surface area (Å²) in [4.78, 5) is 21.8. The van der Waals surface area contributed by atoms with Gasteiger partial charge in [-0.3, -0.25) is 14.9 Å². The van der Waals surface area contributed by atoms with Crippen molar-refractivity contribution in [3.63, 3.8) is 0 Å². The van der Waals surface area contributed by atoms with E-state index in [1.807, 2.05) is 18.2 Å². The zero-order valence-corrected chi connectivity index (χ0v) is 13.1. The number of carbonyl (C=O) groups excluding carboxylic acids is 1. The number of halogens is 1. The average Bonchev–Trinajstić information content (AvgIpc) is 2.50. The second kappa shape index (κ2) is 7.56. The number of amides is 1. The first kappa shape index (κ1) is 16.0. The number of nitro groups is 1. The second-order valence-corrected chi connectivity index (χ2v) is 5.23. The third-order valence-corrected chi connectivity index (χ3v) is 3.48. The van der Waals surface area contributed by atoms with Gasteiger partial charge in [0.2, 0.25) is 5.91 Å². The minimum atomic E-state index is -0.477. The van der Waals surface area contributed by atoms with Crippen molar-refractivity contribution in [2.45, 2.75) is 6.42 Å². The van der Waals surface area contributed by atoms with Gasteiger partial charge in [0, 0.05) is 16.6 Å². The van der Waals surface area contributed by atoms with Crippen LogP contribution in [0.25, 0.3) is 0 Å². The molecule has 1 N–H and O–H groups in total. The van der Waals surface area contributed by atoms with Gasteiger partial charge in [0.1, 0.15) is 5.75 Å². The Morgan fingerprint density at radius 2 is 1.86 bits per heavy atom. The third kappa shape index (κ3) is 4.56. The Bertz CT molecular complexity index is 673.